The van der Waals surface area contributed by atoms with Gasteiger partial charge < -0.3 is 4.74 Å². The molecule has 0 atom stereocenters. The lowest BCUT2D eigenvalue weighted by Gasteiger charge is -2.20. The molecular weight excluding hydrogens is 213 g/mol. The van der Waals surface area contributed by atoms with E-state index in [0.29, 0.717) is 0 Å². The Labute approximate surface area is 85.3 Å². The summed E-state index contributed by atoms with van der Waals surface area (Å²) >= 11 is 3.97. The van der Waals surface area contributed by atoms with Crippen LogP contribution >= 0.6 is 12.6 Å². The first-order valence-corrected chi connectivity index (χ1v) is 4.31. The third-order valence-electron chi connectivity index (χ3n) is 1.36. The molecule has 1 rings (SSSR count). The summed E-state index contributed by atoms with van der Waals surface area (Å²) < 4.78 is 43.2. The molecule has 78 valence electrons. The Morgan fingerprint density at radius 3 is 2.21 bits per heavy atom. The standard InChI is InChI=1S/C9H9F3OS/c1-9(2,14)13-6-4-3-5(10)7(11)8(6)12/h3-4,14H,1-2H3. The molecule has 0 aliphatic heterocycles. The van der Waals surface area contributed by atoms with Gasteiger partial charge in [0.2, 0.25) is 5.82 Å². The summed E-state index contributed by atoms with van der Waals surface area (Å²) in [5.74, 6) is -4.48. The zero-order valence-corrected chi connectivity index (χ0v) is 8.54. The molecule has 1 nitrogen and oxygen atoms in total. The summed E-state index contributed by atoms with van der Waals surface area (Å²) in [6.45, 7) is 3.10. The molecule has 14 heavy (non-hydrogen) atoms. The van der Waals surface area contributed by atoms with Gasteiger partial charge in [-0.15, -0.1) is 12.6 Å². The number of hydrogen-bond donors (Lipinski definition) is 1. The van der Waals surface area contributed by atoms with Crippen LogP contribution in [0.25, 0.3) is 0 Å². The molecular formula is C9H9F3OS. The maximum absolute atomic E-state index is 13.0. The lowest BCUT2D eigenvalue weighted by molar-refractivity contribution is 0.196. The van der Waals surface area contributed by atoms with Crippen molar-refractivity contribution in [3.63, 3.8) is 0 Å². The van der Waals surface area contributed by atoms with E-state index in [0.717, 1.165) is 12.1 Å². The molecule has 0 fully saturated rings. The number of thiol groups is 1. The molecule has 0 unspecified atom stereocenters. The van der Waals surface area contributed by atoms with Gasteiger partial charge in [0.05, 0.1) is 0 Å². The Bertz CT molecular complexity index is 347. The molecule has 0 spiro atoms. The van der Waals surface area contributed by atoms with Crippen LogP contribution in [0.4, 0.5) is 13.2 Å². The number of hydrogen-bond acceptors (Lipinski definition) is 2. The molecule has 5 heteroatoms. The van der Waals surface area contributed by atoms with Gasteiger partial charge in [-0.25, -0.2) is 8.78 Å². The Morgan fingerprint density at radius 2 is 1.71 bits per heavy atom. The van der Waals surface area contributed by atoms with Crippen LogP contribution in [0.1, 0.15) is 13.8 Å². The van der Waals surface area contributed by atoms with Gasteiger partial charge >= 0.3 is 0 Å². The lowest BCUT2D eigenvalue weighted by atomic mass is 10.3. The average Bonchev–Trinajstić information content (AvgIpc) is 2.04. The van der Waals surface area contributed by atoms with Crippen LogP contribution in [0.5, 0.6) is 5.75 Å². The van der Waals surface area contributed by atoms with Crippen molar-refractivity contribution in [1.29, 1.82) is 0 Å². The second-order valence-corrected chi connectivity index (χ2v) is 4.30. The van der Waals surface area contributed by atoms with E-state index in [1.165, 1.54) is 0 Å². The van der Waals surface area contributed by atoms with Crippen molar-refractivity contribution in [3.05, 3.63) is 29.6 Å². The Kier molecular flexibility index (Phi) is 2.99. The topological polar surface area (TPSA) is 9.23 Å². The summed E-state index contributed by atoms with van der Waals surface area (Å²) in [6.07, 6.45) is 0. The van der Waals surface area contributed by atoms with Gasteiger partial charge in [0.1, 0.15) is 4.93 Å². The number of benzene rings is 1. The van der Waals surface area contributed by atoms with Crippen molar-refractivity contribution in [2.75, 3.05) is 0 Å². The van der Waals surface area contributed by atoms with E-state index in [9.17, 15) is 13.2 Å². The third kappa shape index (κ3) is 2.57. The third-order valence-corrected chi connectivity index (χ3v) is 1.45. The van der Waals surface area contributed by atoms with Crippen molar-refractivity contribution in [3.8, 4) is 5.75 Å². The monoisotopic (exact) mass is 222 g/mol. The zero-order chi connectivity index (χ0) is 10.9. The summed E-state index contributed by atoms with van der Waals surface area (Å²) in [5, 5.41) is 0. The highest BCUT2D eigenvalue weighted by Crippen LogP contribution is 2.26. The van der Waals surface area contributed by atoms with Gasteiger partial charge in [-0.2, -0.15) is 4.39 Å². The Morgan fingerprint density at radius 1 is 1.14 bits per heavy atom. The van der Waals surface area contributed by atoms with Crippen LogP contribution in [0, 0.1) is 17.5 Å². The molecule has 0 heterocycles. The van der Waals surface area contributed by atoms with Crippen LogP contribution in [-0.2, 0) is 0 Å². The number of ether oxygens (including phenoxy) is 1. The fourth-order valence-corrected chi connectivity index (χ4v) is 0.954. The van der Waals surface area contributed by atoms with Gasteiger partial charge in [-0.05, 0) is 26.0 Å². The average molecular weight is 222 g/mol. The van der Waals surface area contributed by atoms with Crippen molar-refractivity contribution in [2.24, 2.45) is 0 Å². The number of rotatable bonds is 2. The van der Waals surface area contributed by atoms with E-state index >= 15 is 0 Å². The summed E-state index contributed by atoms with van der Waals surface area (Å²) in [6, 6.07) is 1.82. The molecule has 0 radical (unpaired) electrons. The van der Waals surface area contributed by atoms with E-state index in [1.807, 2.05) is 0 Å². The molecule has 0 bridgehead atoms. The molecule has 0 aromatic heterocycles. The van der Waals surface area contributed by atoms with E-state index in [-0.39, 0.29) is 5.75 Å². The Hall–Kier alpha value is -0.840. The SMILES string of the molecule is CC(C)(S)Oc1ccc(F)c(F)c1F. The van der Waals surface area contributed by atoms with Crippen LogP contribution in [0.3, 0.4) is 0 Å². The largest absolute Gasteiger partial charge is 0.474 e. The normalized spacial score (nSPS) is 11.6. The molecule has 0 aliphatic rings. The molecule has 0 saturated heterocycles. The number of halogens is 3. The zero-order valence-electron chi connectivity index (χ0n) is 7.64. The van der Waals surface area contributed by atoms with Gasteiger partial charge in [0.15, 0.2) is 17.4 Å². The first-order valence-electron chi connectivity index (χ1n) is 3.86. The smallest absolute Gasteiger partial charge is 0.203 e. The second kappa shape index (κ2) is 3.73. The fourth-order valence-electron chi connectivity index (χ4n) is 0.856. The van der Waals surface area contributed by atoms with Crippen LogP contribution in [0.15, 0.2) is 12.1 Å². The van der Waals surface area contributed by atoms with E-state index < -0.39 is 22.4 Å². The molecule has 0 N–H and O–H groups in total. The highest BCUT2D eigenvalue weighted by molar-refractivity contribution is 7.81. The first-order chi connectivity index (χ1) is 6.31. The van der Waals surface area contributed by atoms with Crippen LogP contribution in [0.2, 0.25) is 0 Å². The van der Waals surface area contributed by atoms with Crippen LogP contribution in [-0.4, -0.2) is 4.93 Å². The highest BCUT2D eigenvalue weighted by atomic mass is 32.1. The summed E-state index contributed by atoms with van der Waals surface area (Å²) in [4.78, 5) is -0.953. The fraction of sp³-hybridized carbons (Fsp3) is 0.333. The lowest BCUT2D eigenvalue weighted by Crippen LogP contribution is -2.20. The molecule has 0 saturated carbocycles. The van der Waals surface area contributed by atoms with Gasteiger partial charge in [0, 0.05) is 0 Å². The quantitative estimate of drug-likeness (QED) is 0.459. The van der Waals surface area contributed by atoms with Gasteiger partial charge in [0.25, 0.3) is 0 Å². The van der Waals surface area contributed by atoms with E-state index in [2.05, 4.69) is 12.6 Å². The minimum atomic E-state index is -1.54. The molecule has 1 aromatic rings. The molecule has 0 amide bonds. The molecule has 1 aromatic carbocycles. The van der Waals surface area contributed by atoms with Crippen molar-refractivity contribution in [1.82, 2.24) is 0 Å². The predicted octanol–water partition coefficient (Wildman–Crippen LogP) is 3.15. The maximum atomic E-state index is 13.0. The Balaban J connectivity index is 3.06. The van der Waals surface area contributed by atoms with Crippen molar-refractivity contribution < 1.29 is 17.9 Å². The van der Waals surface area contributed by atoms with Gasteiger partial charge in [-0.3, -0.25) is 0 Å². The second-order valence-electron chi connectivity index (χ2n) is 3.22. The van der Waals surface area contributed by atoms with Crippen molar-refractivity contribution >= 4 is 12.6 Å². The minimum absolute atomic E-state index is 0.358. The highest BCUT2D eigenvalue weighted by Gasteiger charge is 2.20. The summed E-state index contributed by atoms with van der Waals surface area (Å²) in [7, 11) is 0. The van der Waals surface area contributed by atoms with E-state index in [1.54, 1.807) is 13.8 Å². The summed E-state index contributed by atoms with van der Waals surface area (Å²) in [5.41, 5.74) is 0. The van der Waals surface area contributed by atoms with E-state index in [4.69, 9.17) is 4.74 Å². The van der Waals surface area contributed by atoms with Crippen molar-refractivity contribution in [2.45, 2.75) is 18.8 Å². The first kappa shape index (κ1) is 11.2. The van der Waals surface area contributed by atoms with Gasteiger partial charge in [-0.1, -0.05) is 0 Å². The predicted molar refractivity (Wildman–Crippen MR) is 50.0 cm³/mol. The maximum Gasteiger partial charge on any atom is 0.203 e. The molecule has 0 aliphatic carbocycles. The minimum Gasteiger partial charge on any atom is -0.474 e. The van der Waals surface area contributed by atoms with Crippen LogP contribution < -0.4 is 4.74 Å².